The lowest BCUT2D eigenvalue weighted by Gasteiger charge is -2.14. The van der Waals surface area contributed by atoms with Crippen molar-refractivity contribution >= 4 is 23.4 Å². The minimum Gasteiger partial charge on any atom is -0.384 e. The molecule has 1 fully saturated rings. The lowest BCUT2D eigenvalue weighted by Crippen LogP contribution is -2.29. The average molecular weight is 387 g/mol. The maximum atomic E-state index is 13.6. The highest BCUT2D eigenvalue weighted by atomic mass is 35.5. The fourth-order valence-electron chi connectivity index (χ4n) is 2.66. The molecule has 0 radical (unpaired) electrons. The summed E-state index contributed by atoms with van der Waals surface area (Å²) in [7, 11) is 1.28. The molecule has 26 heavy (non-hydrogen) atoms. The molecule has 0 saturated heterocycles. The minimum atomic E-state index is -2.78. The number of carbonyl (C=O) groups excluding carboxylic acids is 1. The summed E-state index contributed by atoms with van der Waals surface area (Å²) in [5, 5.41) is 7.46. The second-order valence-corrected chi connectivity index (χ2v) is 6.41. The van der Waals surface area contributed by atoms with Crippen molar-refractivity contribution < 1.29 is 22.8 Å². The van der Waals surface area contributed by atoms with E-state index in [-0.39, 0.29) is 16.6 Å². The molecular formula is C16H14ClF3N4O2. The van der Waals surface area contributed by atoms with Crippen LogP contribution < -0.4 is 5.73 Å². The molecule has 0 spiro atoms. The topological polar surface area (TPSA) is 82.5 Å². The number of oxime groups is 1. The van der Waals surface area contributed by atoms with Crippen LogP contribution in [0, 0.1) is 5.82 Å². The molecule has 1 heterocycles. The predicted molar refractivity (Wildman–Crippen MR) is 87.5 cm³/mol. The van der Waals surface area contributed by atoms with Crippen LogP contribution in [0.25, 0.3) is 0 Å². The second-order valence-electron chi connectivity index (χ2n) is 5.97. The van der Waals surface area contributed by atoms with E-state index in [4.69, 9.17) is 22.2 Å². The summed E-state index contributed by atoms with van der Waals surface area (Å²) in [6.45, 7) is 0. The number of aryl methyl sites for hydroxylation is 1. The number of hydrogen-bond acceptors (Lipinski definition) is 4. The molecule has 0 unspecified atom stereocenters. The number of nitrogens with two attached hydrogens (primary N) is 1. The maximum absolute atomic E-state index is 13.6. The van der Waals surface area contributed by atoms with Crippen LogP contribution >= 0.6 is 11.6 Å². The van der Waals surface area contributed by atoms with Gasteiger partial charge in [0, 0.05) is 18.1 Å². The lowest BCUT2D eigenvalue weighted by molar-refractivity contribution is 0.0506. The summed E-state index contributed by atoms with van der Waals surface area (Å²) in [6.07, 6.45) is -1.62. The molecular weight excluding hydrogens is 373 g/mol. The van der Waals surface area contributed by atoms with Crippen LogP contribution in [-0.4, -0.2) is 21.6 Å². The number of nitrogens with zero attached hydrogens (tertiary/aromatic N) is 3. The highest BCUT2D eigenvalue weighted by Gasteiger charge is 2.49. The number of halogens is 4. The lowest BCUT2D eigenvalue weighted by atomic mass is 9.95. The minimum absolute atomic E-state index is 0.0301. The highest BCUT2D eigenvalue weighted by molar-refractivity contribution is 6.30. The Bertz CT molecular complexity index is 873. The number of amidine groups is 1. The Hall–Kier alpha value is -2.55. The van der Waals surface area contributed by atoms with E-state index in [0.717, 1.165) is 16.8 Å². The first-order chi connectivity index (χ1) is 12.2. The monoisotopic (exact) mass is 386 g/mol. The molecule has 10 heteroatoms. The Morgan fingerprint density at radius 1 is 1.38 bits per heavy atom. The van der Waals surface area contributed by atoms with E-state index in [1.165, 1.54) is 13.1 Å². The van der Waals surface area contributed by atoms with E-state index in [1.54, 1.807) is 6.07 Å². The molecule has 1 aromatic heterocycles. The Kier molecular flexibility index (Phi) is 4.66. The van der Waals surface area contributed by atoms with Crippen molar-refractivity contribution in [1.82, 2.24) is 9.78 Å². The van der Waals surface area contributed by atoms with Gasteiger partial charge in [-0.05, 0) is 36.6 Å². The molecule has 3 rings (SSSR count). The van der Waals surface area contributed by atoms with Crippen molar-refractivity contribution in [2.24, 2.45) is 17.9 Å². The third-order valence-electron chi connectivity index (χ3n) is 4.23. The van der Waals surface area contributed by atoms with Gasteiger partial charge in [0.1, 0.15) is 11.5 Å². The van der Waals surface area contributed by atoms with E-state index < -0.39 is 29.3 Å². The molecule has 0 atom stereocenters. The van der Waals surface area contributed by atoms with Gasteiger partial charge in [0.2, 0.25) is 0 Å². The van der Waals surface area contributed by atoms with E-state index >= 15 is 0 Å². The summed E-state index contributed by atoms with van der Waals surface area (Å²) < 4.78 is 39.9. The third kappa shape index (κ3) is 3.39. The maximum Gasteiger partial charge on any atom is 0.385 e. The van der Waals surface area contributed by atoms with Crippen molar-refractivity contribution in [3.63, 3.8) is 0 Å². The van der Waals surface area contributed by atoms with Gasteiger partial charge >= 0.3 is 5.97 Å². The first kappa shape index (κ1) is 18.2. The van der Waals surface area contributed by atoms with Gasteiger partial charge in [-0.25, -0.2) is 18.0 Å². The number of hydrogen-bond donors (Lipinski definition) is 1. The standard InChI is InChI=1S/C16H14ClF3N4O2/c1-24-12(13(19)20)7-11(22-24)14(25)26-23-15(21)16(2-3-16)8-4-9(17)6-10(18)5-8/h4-7,13H,2-3H2,1H3,(H2,21,23). The zero-order valence-corrected chi connectivity index (χ0v) is 14.3. The Labute approximate surface area is 151 Å². The van der Waals surface area contributed by atoms with Gasteiger partial charge in [0.05, 0.1) is 5.41 Å². The van der Waals surface area contributed by atoms with E-state index in [2.05, 4.69) is 10.3 Å². The van der Waals surface area contributed by atoms with Crippen molar-refractivity contribution in [2.45, 2.75) is 24.7 Å². The second kappa shape index (κ2) is 6.64. The molecule has 138 valence electrons. The first-order valence-electron chi connectivity index (χ1n) is 7.57. The largest absolute Gasteiger partial charge is 0.385 e. The van der Waals surface area contributed by atoms with Crippen LogP contribution in [0.5, 0.6) is 0 Å². The van der Waals surface area contributed by atoms with Gasteiger partial charge in [-0.2, -0.15) is 5.10 Å². The van der Waals surface area contributed by atoms with Crippen molar-refractivity contribution in [2.75, 3.05) is 0 Å². The molecule has 1 aliphatic rings. The number of rotatable bonds is 5. The van der Waals surface area contributed by atoms with Crippen LogP contribution in [0.1, 0.15) is 41.0 Å². The van der Waals surface area contributed by atoms with Gasteiger partial charge in [-0.15, -0.1) is 0 Å². The molecule has 1 saturated carbocycles. The summed E-state index contributed by atoms with van der Waals surface area (Å²) in [4.78, 5) is 16.7. The Morgan fingerprint density at radius 2 is 2.08 bits per heavy atom. The Morgan fingerprint density at radius 3 is 2.62 bits per heavy atom. The van der Waals surface area contributed by atoms with Crippen LogP contribution in [0.15, 0.2) is 29.4 Å². The van der Waals surface area contributed by atoms with Gasteiger partial charge in [-0.3, -0.25) is 4.68 Å². The van der Waals surface area contributed by atoms with Crippen LogP contribution in [0.3, 0.4) is 0 Å². The summed E-state index contributed by atoms with van der Waals surface area (Å²) in [5.41, 5.74) is 4.93. The van der Waals surface area contributed by atoms with E-state index in [9.17, 15) is 18.0 Å². The molecule has 2 aromatic rings. The molecule has 0 amide bonds. The van der Waals surface area contributed by atoms with Crippen molar-refractivity contribution in [3.05, 3.63) is 52.1 Å². The molecule has 1 aliphatic carbocycles. The SMILES string of the molecule is Cn1nc(C(=O)O/N=C(\N)C2(c3cc(F)cc(Cl)c3)CC2)cc1C(F)F. The summed E-state index contributed by atoms with van der Waals surface area (Å²) in [6, 6.07) is 4.93. The molecule has 0 bridgehead atoms. The fraction of sp³-hybridized carbons (Fsp3) is 0.312. The van der Waals surface area contributed by atoms with Gasteiger partial charge in [0.15, 0.2) is 11.5 Å². The number of alkyl halides is 2. The van der Waals surface area contributed by atoms with E-state index in [1.807, 2.05) is 0 Å². The summed E-state index contributed by atoms with van der Waals surface area (Å²) in [5.74, 6) is -1.57. The normalized spacial score (nSPS) is 16.0. The predicted octanol–water partition coefficient (Wildman–Crippen LogP) is 3.31. The molecule has 6 nitrogen and oxygen atoms in total. The summed E-state index contributed by atoms with van der Waals surface area (Å²) >= 11 is 5.86. The Balaban J connectivity index is 1.78. The quantitative estimate of drug-likeness (QED) is 0.370. The fourth-order valence-corrected chi connectivity index (χ4v) is 2.88. The number of carbonyl (C=O) groups is 1. The van der Waals surface area contributed by atoms with Gasteiger partial charge in [-0.1, -0.05) is 16.8 Å². The van der Waals surface area contributed by atoms with Crippen LogP contribution in [0.2, 0.25) is 5.02 Å². The van der Waals surface area contributed by atoms with Crippen molar-refractivity contribution in [1.29, 1.82) is 0 Å². The van der Waals surface area contributed by atoms with Crippen LogP contribution in [0.4, 0.5) is 13.2 Å². The molecule has 0 aliphatic heterocycles. The first-order valence-corrected chi connectivity index (χ1v) is 7.95. The third-order valence-corrected chi connectivity index (χ3v) is 4.45. The molecule has 1 aromatic carbocycles. The molecule has 2 N–H and O–H groups in total. The van der Waals surface area contributed by atoms with Gasteiger partial charge < -0.3 is 10.6 Å². The van der Waals surface area contributed by atoms with Gasteiger partial charge in [0.25, 0.3) is 6.43 Å². The van der Waals surface area contributed by atoms with Crippen LogP contribution in [-0.2, 0) is 17.3 Å². The number of benzene rings is 1. The van der Waals surface area contributed by atoms with E-state index in [0.29, 0.717) is 18.4 Å². The van der Waals surface area contributed by atoms with Crippen molar-refractivity contribution in [3.8, 4) is 0 Å². The zero-order chi connectivity index (χ0) is 19.1. The zero-order valence-electron chi connectivity index (χ0n) is 13.5. The highest BCUT2D eigenvalue weighted by Crippen LogP contribution is 2.49. The number of aromatic nitrogens is 2. The average Bonchev–Trinajstić information content (AvgIpc) is 3.28. The smallest absolute Gasteiger partial charge is 0.384 e.